The minimum absolute atomic E-state index is 0.0571. The van der Waals surface area contributed by atoms with Crippen LogP contribution >= 0.6 is 0 Å². The molecule has 21 heavy (non-hydrogen) atoms. The first kappa shape index (κ1) is 13.7. The predicted octanol–water partition coefficient (Wildman–Crippen LogP) is 1.85. The van der Waals surface area contributed by atoms with Gasteiger partial charge < -0.3 is 23.7 Å². The van der Waals surface area contributed by atoms with E-state index in [-0.39, 0.29) is 30.7 Å². The van der Waals surface area contributed by atoms with E-state index < -0.39 is 5.79 Å². The fourth-order valence-corrected chi connectivity index (χ4v) is 3.24. The average Bonchev–Trinajstić information content (AvgIpc) is 3.03. The Morgan fingerprint density at radius 1 is 1.14 bits per heavy atom. The van der Waals surface area contributed by atoms with E-state index in [1.165, 1.54) is 0 Å². The number of hydrogen-bond donors (Lipinski definition) is 0. The highest BCUT2D eigenvalue weighted by molar-refractivity contribution is 5.13. The van der Waals surface area contributed by atoms with Crippen molar-refractivity contribution in [2.45, 2.75) is 56.9 Å². The summed E-state index contributed by atoms with van der Waals surface area (Å²) < 4.78 is 29.6. The molecular weight excluding hydrogens is 272 g/mol. The number of hydrogen-bond acceptors (Lipinski definition) is 5. The van der Waals surface area contributed by atoms with Crippen LogP contribution in [0.1, 0.15) is 19.4 Å². The molecular formula is C16H20O5. The molecule has 5 heteroatoms. The minimum atomic E-state index is -0.600. The largest absolute Gasteiger partial charge is 0.365 e. The molecule has 0 unspecified atom stereocenters. The van der Waals surface area contributed by atoms with Crippen LogP contribution < -0.4 is 0 Å². The van der Waals surface area contributed by atoms with Crippen LogP contribution in [0.2, 0.25) is 0 Å². The first-order chi connectivity index (χ1) is 10.1. The molecule has 1 aromatic carbocycles. The highest BCUT2D eigenvalue weighted by Crippen LogP contribution is 2.41. The third-order valence-corrected chi connectivity index (χ3v) is 4.14. The van der Waals surface area contributed by atoms with Gasteiger partial charge in [0, 0.05) is 0 Å². The maximum absolute atomic E-state index is 6.05. The highest BCUT2D eigenvalue weighted by Gasteiger charge is 2.58. The molecule has 114 valence electrons. The van der Waals surface area contributed by atoms with Crippen molar-refractivity contribution in [1.82, 2.24) is 0 Å². The topological polar surface area (TPSA) is 46.2 Å². The van der Waals surface area contributed by atoms with E-state index in [1.54, 1.807) is 0 Å². The van der Waals surface area contributed by atoms with Gasteiger partial charge in [-0.3, -0.25) is 0 Å². The Balaban J connectivity index is 1.50. The Labute approximate surface area is 124 Å². The number of benzene rings is 1. The van der Waals surface area contributed by atoms with E-state index in [2.05, 4.69) is 0 Å². The lowest BCUT2D eigenvalue weighted by Crippen LogP contribution is -2.53. The Bertz CT molecular complexity index is 503. The summed E-state index contributed by atoms with van der Waals surface area (Å²) in [6.45, 7) is 4.89. The molecule has 5 nitrogen and oxygen atoms in total. The van der Waals surface area contributed by atoms with E-state index in [4.69, 9.17) is 23.7 Å². The van der Waals surface area contributed by atoms with E-state index in [9.17, 15) is 0 Å². The summed E-state index contributed by atoms with van der Waals surface area (Å²) in [5, 5.41) is 0. The number of ether oxygens (including phenoxy) is 5. The van der Waals surface area contributed by atoms with Crippen LogP contribution in [0.5, 0.6) is 0 Å². The van der Waals surface area contributed by atoms with Crippen LogP contribution in [0.25, 0.3) is 0 Å². The van der Waals surface area contributed by atoms with Crippen molar-refractivity contribution in [2.75, 3.05) is 6.61 Å². The molecule has 0 spiro atoms. The van der Waals surface area contributed by atoms with Gasteiger partial charge in [0.2, 0.25) is 0 Å². The van der Waals surface area contributed by atoms with Crippen molar-refractivity contribution < 1.29 is 23.7 Å². The zero-order valence-corrected chi connectivity index (χ0v) is 12.2. The summed E-state index contributed by atoms with van der Waals surface area (Å²) in [7, 11) is 0. The van der Waals surface area contributed by atoms with Crippen molar-refractivity contribution >= 4 is 0 Å². The van der Waals surface area contributed by atoms with Crippen molar-refractivity contribution in [3.05, 3.63) is 35.9 Å². The summed E-state index contributed by atoms with van der Waals surface area (Å²) >= 11 is 0. The summed E-state index contributed by atoms with van der Waals surface area (Å²) in [6, 6.07) is 10.1. The van der Waals surface area contributed by atoms with E-state index >= 15 is 0 Å². The third kappa shape index (κ3) is 2.49. The lowest BCUT2D eigenvalue weighted by Gasteiger charge is -2.34. The summed E-state index contributed by atoms with van der Waals surface area (Å²) in [4.78, 5) is 0. The zero-order valence-electron chi connectivity index (χ0n) is 12.2. The van der Waals surface area contributed by atoms with Gasteiger partial charge in [-0.05, 0) is 19.4 Å². The molecule has 2 bridgehead atoms. The van der Waals surface area contributed by atoms with Gasteiger partial charge in [0.15, 0.2) is 12.1 Å². The van der Waals surface area contributed by atoms with Gasteiger partial charge in [-0.2, -0.15) is 0 Å². The van der Waals surface area contributed by atoms with Gasteiger partial charge in [0.1, 0.15) is 24.4 Å². The van der Waals surface area contributed by atoms with Gasteiger partial charge in [0.05, 0.1) is 13.2 Å². The van der Waals surface area contributed by atoms with Crippen LogP contribution in [0.3, 0.4) is 0 Å². The molecule has 3 aliphatic rings. The SMILES string of the molecule is CC1(C)O[C@H]2[C@@H](O1)[C@H]1CO[C@H](O1)[C@@H]2OCc1ccccc1. The molecule has 3 heterocycles. The van der Waals surface area contributed by atoms with Crippen LogP contribution in [0.15, 0.2) is 30.3 Å². The van der Waals surface area contributed by atoms with Crippen LogP contribution in [-0.2, 0) is 30.3 Å². The Morgan fingerprint density at radius 2 is 1.90 bits per heavy atom. The smallest absolute Gasteiger partial charge is 0.187 e. The first-order valence-electron chi connectivity index (χ1n) is 7.41. The second kappa shape index (κ2) is 5.04. The Morgan fingerprint density at radius 3 is 2.71 bits per heavy atom. The predicted molar refractivity (Wildman–Crippen MR) is 73.5 cm³/mol. The van der Waals surface area contributed by atoms with Crippen molar-refractivity contribution in [1.29, 1.82) is 0 Å². The first-order valence-corrected chi connectivity index (χ1v) is 7.41. The van der Waals surface area contributed by atoms with Crippen LogP contribution in [0, 0.1) is 0 Å². The fourth-order valence-electron chi connectivity index (χ4n) is 3.24. The molecule has 3 fully saturated rings. The van der Waals surface area contributed by atoms with Crippen LogP contribution in [0.4, 0.5) is 0 Å². The standard InChI is InChI=1S/C16H20O5/c1-16(2)20-12-11-9-18-15(19-11)14(13(12)21-16)17-8-10-6-4-3-5-7-10/h3-7,11-15H,8-9H2,1-2H3/t11-,12+,13+,14-,15-/m1/s1. The van der Waals surface area contributed by atoms with Crippen molar-refractivity contribution in [3.8, 4) is 0 Å². The molecule has 3 aliphatic heterocycles. The number of fused-ring (bicyclic) bond motifs is 4. The van der Waals surface area contributed by atoms with E-state index in [1.807, 2.05) is 44.2 Å². The molecule has 0 radical (unpaired) electrons. The summed E-state index contributed by atoms with van der Waals surface area (Å²) in [5.41, 5.74) is 1.12. The maximum Gasteiger partial charge on any atom is 0.187 e. The molecule has 0 aliphatic carbocycles. The quantitative estimate of drug-likeness (QED) is 0.851. The second-order valence-corrected chi connectivity index (χ2v) is 6.20. The van der Waals surface area contributed by atoms with Gasteiger partial charge >= 0.3 is 0 Å². The van der Waals surface area contributed by atoms with Gasteiger partial charge in [-0.1, -0.05) is 30.3 Å². The molecule has 0 saturated carbocycles. The van der Waals surface area contributed by atoms with E-state index in [0.29, 0.717) is 13.2 Å². The Hall–Kier alpha value is -0.980. The minimum Gasteiger partial charge on any atom is -0.365 e. The molecule has 4 rings (SSSR count). The monoisotopic (exact) mass is 292 g/mol. The number of rotatable bonds is 3. The summed E-state index contributed by atoms with van der Waals surface area (Å²) in [5.74, 6) is -0.600. The fraction of sp³-hybridized carbons (Fsp3) is 0.625. The Kier molecular flexibility index (Phi) is 3.28. The molecule has 0 amide bonds. The molecule has 3 saturated heterocycles. The van der Waals surface area contributed by atoms with Crippen molar-refractivity contribution in [2.24, 2.45) is 0 Å². The van der Waals surface area contributed by atoms with Crippen molar-refractivity contribution in [3.63, 3.8) is 0 Å². The van der Waals surface area contributed by atoms with Gasteiger partial charge in [-0.15, -0.1) is 0 Å². The molecule has 0 N–H and O–H groups in total. The lowest BCUT2D eigenvalue weighted by molar-refractivity contribution is -0.225. The maximum atomic E-state index is 6.05. The van der Waals surface area contributed by atoms with Gasteiger partial charge in [-0.25, -0.2) is 0 Å². The van der Waals surface area contributed by atoms with Gasteiger partial charge in [0.25, 0.3) is 0 Å². The normalized spacial score (nSPS) is 40.2. The third-order valence-electron chi connectivity index (χ3n) is 4.14. The van der Waals surface area contributed by atoms with Crippen LogP contribution in [-0.4, -0.2) is 43.1 Å². The molecule has 0 aromatic heterocycles. The zero-order chi connectivity index (χ0) is 14.4. The van der Waals surface area contributed by atoms with E-state index in [0.717, 1.165) is 5.56 Å². The highest BCUT2D eigenvalue weighted by atomic mass is 16.8. The average molecular weight is 292 g/mol. The lowest BCUT2D eigenvalue weighted by atomic mass is 10.0. The summed E-state index contributed by atoms with van der Waals surface area (Å²) in [6.07, 6.45) is -0.957. The molecule has 5 atom stereocenters. The second-order valence-electron chi connectivity index (χ2n) is 6.20. The molecule has 1 aromatic rings.